The fraction of sp³-hybridized carbons (Fsp3) is 1.00. The van der Waals surface area contributed by atoms with E-state index in [0.717, 1.165) is 25.4 Å². The molecule has 0 saturated heterocycles. The molecular formula is C13H26O2. The first-order valence-corrected chi connectivity index (χ1v) is 6.44. The second-order valence-corrected chi connectivity index (χ2v) is 4.94. The first kappa shape index (κ1) is 13.0. The predicted molar refractivity (Wildman–Crippen MR) is 62.9 cm³/mol. The highest BCUT2D eigenvalue weighted by Gasteiger charge is 2.39. The van der Waals surface area contributed by atoms with Crippen molar-refractivity contribution in [3.05, 3.63) is 0 Å². The van der Waals surface area contributed by atoms with Crippen LogP contribution in [0, 0.1) is 11.8 Å². The highest BCUT2D eigenvalue weighted by atomic mass is 16.5. The lowest BCUT2D eigenvalue weighted by Crippen LogP contribution is -2.42. The van der Waals surface area contributed by atoms with Crippen molar-refractivity contribution in [2.75, 3.05) is 13.2 Å². The Labute approximate surface area is 94.0 Å². The number of hydrogen-bond donors (Lipinski definition) is 1. The van der Waals surface area contributed by atoms with Crippen LogP contribution in [0.3, 0.4) is 0 Å². The summed E-state index contributed by atoms with van der Waals surface area (Å²) in [7, 11) is 0. The van der Waals surface area contributed by atoms with E-state index in [1.54, 1.807) is 0 Å². The molecule has 1 aliphatic carbocycles. The first-order chi connectivity index (χ1) is 7.19. The summed E-state index contributed by atoms with van der Waals surface area (Å²) in [5.74, 6) is 1.19. The van der Waals surface area contributed by atoms with Crippen LogP contribution in [-0.2, 0) is 4.74 Å². The van der Waals surface area contributed by atoms with Gasteiger partial charge in [-0.25, -0.2) is 0 Å². The van der Waals surface area contributed by atoms with Crippen molar-refractivity contribution in [3.8, 4) is 0 Å². The summed E-state index contributed by atoms with van der Waals surface area (Å²) < 4.78 is 5.97. The van der Waals surface area contributed by atoms with Crippen LogP contribution in [0.25, 0.3) is 0 Å². The third-order valence-corrected chi connectivity index (χ3v) is 3.92. The van der Waals surface area contributed by atoms with Crippen molar-refractivity contribution in [2.24, 2.45) is 11.8 Å². The molecule has 0 aromatic heterocycles. The quantitative estimate of drug-likeness (QED) is 0.762. The van der Waals surface area contributed by atoms with Crippen LogP contribution in [0.15, 0.2) is 0 Å². The van der Waals surface area contributed by atoms with E-state index in [0.29, 0.717) is 12.5 Å². The van der Waals surface area contributed by atoms with Crippen molar-refractivity contribution in [1.82, 2.24) is 0 Å². The van der Waals surface area contributed by atoms with Crippen molar-refractivity contribution < 1.29 is 9.84 Å². The molecule has 1 rings (SSSR count). The molecule has 0 radical (unpaired) electrons. The van der Waals surface area contributed by atoms with Gasteiger partial charge >= 0.3 is 0 Å². The van der Waals surface area contributed by atoms with Crippen LogP contribution in [0.5, 0.6) is 0 Å². The van der Waals surface area contributed by atoms with Gasteiger partial charge in [0.15, 0.2) is 0 Å². The summed E-state index contributed by atoms with van der Waals surface area (Å²) in [6.45, 7) is 7.65. The van der Waals surface area contributed by atoms with Crippen molar-refractivity contribution in [2.45, 2.75) is 58.5 Å². The first-order valence-electron chi connectivity index (χ1n) is 6.44. The summed E-state index contributed by atoms with van der Waals surface area (Å²) in [6, 6.07) is 0. The zero-order valence-corrected chi connectivity index (χ0v) is 10.5. The standard InChI is InChI=1S/C13H26O2/c1-4-11-7-12(10-14)9-13(5-2,8-11)15-6-3/h11-12,14H,4-10H2,1-3H3. The molecule has 90 valence electrons. The number of ether oxygens (including phenoxy) is 1. The van der Waals surface area contributed by atoms with Crippen molar-refractivity contribution in [1.29, 1.82) is 0 Å². The molecule has 1 fully saturated rings. The Bertz CT molecular complexity index is 167. The fourth-order valence-corrected chi connectivity index (χ4v) is 3.04. The SMILES string of the molecule is CCOC1(CC)CC(CC)CC(CO)C1. The van der Waals surface area contributed by atoms with Crippen LogP contribution in [0.2, 0.25) is 0 Å². The summed E-state index contributed by atoms with van der Waals surface area (Å²) in [5.41, 5.74) is 0.0566. The Morgan fingerprint density at radius 3 is 2.33 bits per heavy atom. The van der Waals surface area contributed by atoms with Gasteiger partial charge in [-0.05, 0) is 44.4 Å². The normalized spacial score (nSPS) is 36.8. The molecule has 0 bridgehead atoms. The van der Waals surface area contributed by atoms with Crippen LogP contribution in [-0.4, -0.2) is 23.9 Å². The van der Waals surface area contributed by atoms with Gasteiger partial charge in [0.2, 0.25) is 0 Å². The summed E-state index contributed by atoms with van der Waals surface area (Å²) in [5, 5.41) is 9.34. The van der Waals surface area contributed by atoms with Crippen molar-refractivity contribution in [3.63, 3.8) is 0 Å². The minimum Gasteiger partial charge on any atom is -0.396 e. The molecule has 15 heavy (non-hydrogen) atoms. The molecule has 0 aliphatic heterocycles. The lowest BCUT2D eigenvalue weighted by atomic mass is 9.70. The second-order valence-electron chi connectivity index (χ2n) is 4.94. The number of hydrogen-bond acceptors (Lipinski definition) is 2. The van der Waals surface area contributed by atoms with E-state index >= 15 is 0 Å². The van der Waals surface area contributed by atoms with Gasteiger partial charge in [0.05, 0.1) is 5.60 Å². The van der Waals surface area contributed by atoms with E-state index in [-0.39, 0.29) is 5.60 Å². The van der Waals surface area contributed by atoms with Crippen LogP contribution < -0.4 is 0 Å². The summed E-state index contributed by atoms with van der Waals surface area (Å²) in [4.78, 5) is 0. The maximum absolute atomic E-state index is 9.34. The van der Waals surface area contributed by atoms with Crippen LogP contribution in [0.1, 0.15) is 52.9 Å². The van der Waals surface area contributed by atoms with Gasteiger partial charge in [-0.2, -0.15) is 0 Å². The number of aliphatic hydroxyl groups excluding tert-OH is 1. The molecule has 0 aromatic carbocycles. The van der Waals surface area contributed by atoms with Gasteiger partial charge < -0.3 is 9.84 Å². The van der Waals surface area contributed by atoms with E-state index in [1.165, 1.54) is 19.3 Å². The lowest BCUT2D eigenvalue weighted by Gasteiger charge is -2.43. The van der Waals surface area contributed by atoms with Gasteiger partial charge in [-0.3, -0.25) is 0 Å². The van der Waals surface area contributed by atoms with Gasteiger partial charge in [0, 0.05) is 13.2 Å². The molecule has 0 spiro atoms. The maximum Gasteiger partial charge on any atom is 0.0686 e. The topological polar surface area (TPSA) is 29.5 Å². The smallest absolute Gasteiger partial charge is 0.0686 e. The molecule has 1 saturated carbocycles. The zero-order chi connectivity index (χ0) is 11.3. The Morgan fingerprint density at radius 2 is 1.87 bits per heavy atom. The van der Waals surface area contributed by atoms with E-state index in [1.807, 2.05) is 0 Å². The minimum atomic E-state index is 0.0566. The lowest BCUT2D eigenvalue weighted by molar-refractivity contribution is -0.101. The number of rotatable bonds is 5. The Morgan fingerprint density at radius 1 is 1.20 bits per heavy atom. The molecule has 1 aliphatic rings. The van der Waals surface area contributed by atoms with Crippen LogP contribution >= 0.6 is 0 Å². The fourth-order valence-electron chi connectivity index (χ4n) is 3.04. The molecular weight excluding hydrogens is 188 g/mol. The predicted octanol–water partition coefficient (Wildman–Crippen LogP) is 2.99. The molecule has 0 amide bonds. The number of aliphatic hydroxyl groups is 1. The molecule has 3 atom stereocenters. The minimum absolute atomic E-state index is 0.0566. The van der Waals surface area contributed by atoms with Gasteiger partial charge in [0.25, 0.3) is 0 Å². The zero-order valence-electron chi connectivity index (χ0n) is 10.5. The summed E-state index contributed by atoms with van der Waals surface area (Å²) >= 11 is 0. The highest BCUT2D eigenvalue weighted by molar-refractivity contribution is 4.90. The van der Waals surface area contributed by atoms with E-state index < -0.39 is 0 Å². The van der Waals surface area contributed by atoms with E-state index in [2.05, 4.69) is 20.8 Å². The molecule has 0 heterocycles. The maximum atomic E-state index is 9.34. The molecule has 0 aromatic rings. The average Bonchev–Trinajstić information content (AvgIpc) is 2.28. The van der Waals surface area contributed by atoms with Crippen molar-refractivity contribution >= 4 is 0 Å². The Hall–Kier alpha value is -0.0800. The summed E-state index contributed by atoms with van der Waals surface area (Å²) in [6.07, 6.45) is 5.70. The average molecular weight is 214 g/mol. The molecule has 3 unspecified atom stereocenters. The Kier molecular flexibility index (Phi) is 5.07. The highest BCUT2D eigenvalue weighted by Crippen LogP contribution is 2.41. The van der Waals surface area contributed by atoms with Gasteiger partial charge in [-0.15, -0.1) is 0 Å². The monoisotopic (exact) mass is 214 g/mol. The Balaban J connectivity index is 2.68. The molecule has 2 heteroatoms. The molecule has 2 nitrogen and oxygen atoms in total. The van der Waals surface area contributed by atoms with E-state index in [9.17, 15) is 5.11 Å². The third-order valence-electron chi connectivity index (χ3n) is 3.92. The van der Waals surface area contributed by atoms with Crippen LogP contribution in [0.4, 0.5) is 0 Å². The second kappa shape index (κ2) is 5.86. The largest absolute Gasteiger partial charge is 0.396 e. The third kappa shape index (κ3) is 3.18. The van der Waals surface area contributed by atoms with Gasteiger partial charge in [-0.1, -0.05) is 20.3 Å². The van der Waals surface area contributed by atoms with E-state index in [4.69, 9.17) is 4.74 Å². The van der Waals surface area contributed by atoms with Gasteiger partial charge in [0.1, 0.15) is 0 Å². The molecule has 1 N–H and O–H groups in total.